The molecule has 0 saturated heterocycles. The minimum absolute atomic E-state index is 0.642. The van der Waals surface area contributed by atoms with Gasteiger partial charge in [-0.1, -0.05) is 30.3 Å². The fraction of sp³-hybridized carbons (Fsp3) is 0.100. The van der Waals surface area contributed by atoms with Crippen LogP contribution < -0.4 is 5.73 Å². The van der Waals surface area contributed by atoms with E-state index in [1.807, 2.05) is 37.4 Å². The number of aromatic nitrogens is 2. The Bertz CT molecular complexity index is 448. The van der Waals surface area contributed by atoms with Crippen LogP contribution in [0, 0.1) is 0 Å². The molecule has 4 heteroatoms. The Kier molecular flexibility index (Phi) is 2.29. The van der Waals surface area contributed by atoms with Gasteiger partial charge < -0.3 is 5.73 Å². The third-order valence-electron chi connectivity index (χ3n) is 2.08. The molecular formula is C10H10BrN3. The van der Waals surface area contributed by atoms with Gasteiger partial charge in [-0.05, 0) is 15.9 Å². The first kappa shape index (κ1) is 9.27. The maximum Gasteiger partial charge on any atom is 0.136 e. The van der Waals surface area contributed by atoms with E-state index in [2.05, 4.69) is 21.0 Å². The van der Waals surface area contributed by atoms with Gasteiger partial charge in [-0.15, -0.1) is 0 Å². The molecule has 2 rings (SSSR count). The van der Waals surface area contributed by atoms with E-state index < -0.39 is 0 Å². The summed E-state index contributed by atoms with van der Waals surface area (Å²) in [5.74, 6) is 0.642. The van der Waals surface area contributed by atoms with Gasteiger partial charge in [0.15, 0.2) is 0 Å². The number of aryl methyl sites for hydroxylation is 1. The summed E-state index contributed by atoms with van der Waals surface area (Å²) in [6.45, 7) is 0. The topological polar surface area (TPSA) is 43.8 Å². The molecule has 0 fully saturated rings. The fourth-order valence-electron chi connectivity index (χ4n) is 1.29. The van der Waals surface area contributed by atoms with Crippen LogP contribution in [-0.4, -0.2) is 9.78 Å². The van der Waals surface area contributed by atoms with Gasteiger partial charge >= 0.3 is 0 Å². The quantitative estimate of drug-likeness (QED) is 0.847. The van der Waals surface area contributed by atoms with Crippen LogP contribution >= 0.6 is 15.9 Å². The van der Waals surface area contributed by atoms with Gasteiger partial charge in [-0.3, -0.25) is 4.68 Å². The van der Waals surface area contributed by atoms with Crippen molar-refractivity contribution < 1.29 is 0 Å². The summed E-state index contributed by atoms with van der Waals surface area (Å²) in [5, 5.41) is 4.32. The first-order chi connectivity index (χ1) is 6.70. The molecule has 0 saturated carbocycles. The number of nitrogens with two attached hydrogens (primary N) is 1. The molecule has 0 unspecified atom stereocenters. The van der Waals surface area contributed by atoms with Gasteiger partial charge in [0, 0.05) is 12.6 Å². The number of rotatable bonds is 1. The summed E-state index contributed by atoms with van der Waals surface area (Å²) >= 11 is 3.43. The molecule has 0 aliphatic rings. The van der Waals surface area contributed by atoms with Crippen LogP contribution in [0.2, 0.25) is 0 Å². The number of nitrogen functional groups attached to an aromatic ring is 1. The van der Waals surface area contributed by atoms with Crippen LogP contribution in [0.4, 0.5) is 5.82 Å². The Hall–Kier alpha value is -1.29. The van der Waals surface area contributed by atoms with E-state index in [4.69, 9.17) is 5.73 Å². The molecule has 1 aromatic carbocycles. The SMILES string of the molecule is Cn1nc(-c2ccccc2)c(Br)c1N. The molecule has 0 radical (unpaired) electrons. The maximum absolute atomic E-state index is 5.79. The average molecular weight is 252 g/mol. The Balaban J connectivity index is 2.58. The zero-order valence-electron chi connectivity index (χ0n) is 7.74. The monoisotopic (exact) mass is 251 g/mol. The maximum atomic E-state index is 5.79. The zero-order chi connectivity index (χ0) is 10.1. The van der Waals surface area contributed by atoms with Crippen molar-refractivity contribution in [3.8, 4) is 11.3 Å². The number of halogens is 1. The Morgan fingerprint density at radius 2 is 1.93 bits per heavy atom. The summed E-state index contributed by atoms with van der Waals surface area (Å²) in [6.07, 6.45) is 0. The highest BCUT2D eigenvalue weighted by molar-refractivity contribution is 9.10. The highest BCUT2D eigenvalue weighted by Gasteiger charge is 2.11. The van der Waals surface area contributed by atoms with Gasteiger partial charge in [-0.25, -0.2) is 0 Å². The smallest absolute Gasteiger partial charge is 0.136 e. The largest absolute Gasteiger partial charge is 0.383 e. The number of anilines is 1. The van der Waals surface area contributed by atoms with Crippen LogP contribution in [0.25, 0.3) is 11.3 Å². The molecule has 0 bridgehead atoms. The second-order valence-electron chi connectivity index (χ2n) is 3.04. The molecule has 0 aliphatic heterocycles. The molecule has 2 aromatic rings. The zero-order valence-corrected chi connectivity index (χ0v) is 9.32. The normalized spacial score (nSPS) is 10.4. The molecule has 0 amide bonds. The predicted molar refractivity (Wildman–Crippen MR) is 60.8 cm³/mol. The van der Waals surface area contributed by atoms with E-state index >= 15 is 0 Å². The van der Waals surface area contributed by atoms with Gasteiger partial charge in [-0.2, -0.15) is 5.10 Å². The third-order valence-corrected chi connectivity index (χ3v) is 2.86. The molecule has 72 valence electrons. The van der Waals surface area contributed by atoms with E-state index in [1.165, 1.54) is 0 Å². The number of hydrogen-bond donors (Lipinski definition) is 1. The number of benzene rings is 1. The van der Waals surface area contributed by atoms with Crippen molar-refractivity contribution in [1.29, 1.82) is 0 Å². The Morgan fingerprint density at radius 3 is 2.43 bits per heavy atom. The number of hydrogen-bond acceptors (Lipinski definition) is 2. The van der Waals surface area contributed by atoms with Crippen molar-refractivity contribution in [3.63, 3.8) is 0 Å². The standard InChI is InChI=1S/C10H10BrN3/c1-14-10(12)8(11)9(13-14)7-5-3-2-4-6-7/h2-6H,12H2,1H3. The summed E-state index contributed by atoms with van der Waals surface area (Å²) < 4.78 is 2.51. The third kappa shape index (κ3) is 1.42. The molecule has 1 aromatic heterocycles. The minimum Gasteiger partial charge on any atom is -0.383 e. The molecular weight excluding hydrogens is 242 g/mol. The van der Waals surface area contributed by atoms with Gasteiger partial charge in [0.2, 0.25) is 0 Å². The predicted octanol–water partition coefficient (Wildman–Crippen LogP) is 2.43. The summed E-state index contributed by atoms with van der Waals surface area (Å²) in [4.78, 5) is 0. The van der Waals surface area contributed by atoms with E-state index in [-0.39, 0.29) is 0 Å². The van der Waals surface area contributed by atoms with Crippen molar-refractivity contribution in [2.75, 3.05) is 5.73 Å². The van der Waals surface area contributed by atoms with E-state index in [9.17, 15) is 0 Å². The molecule has 0 atom stereocenters. The van der Waals surface area contributed by atoms with Gasteiger partial charge in [0.05, 0.1) is 4.47 Å². The van der Waals surface area contributed by atoms with Gasteiger partial charge in [0.1, 0.15) is 11.5 Å². The second kappa shape index (κ2) is 3.46. The first-order valence-corrected chi connectivity index (χ1v) is 5.03. The lowest BCUT2D eigenvalue weighted by Crippen LogP contribution is -1.97. The molecule has 2 N–H and O–H groups in total. The van der Waals surface area contributed by atoms with Crippen LogP contribution in [0.15, 0.2) is 34.8 Å². The first-order valence-electron chi connectivity index (χ1n) is 4.23. The molecule has 3 nitrogen and oxygen atoms in total. The molecule has 14 heavy (non-hydrogen) atoms. The Morgan fingerprint density at radius 1 is 1.29 bits per heavy atom. The fourth-order valence-corrected chi connectivity index (χ4v) is 1.86. The second-order valence-corrected chi connectivity index (χ2v) is 3.83. The van der Waals surface area contributed by atoms with Crippen molar-refractivity contribution in [2.45, 2.75) is 0 Å². The van der Waals surface area contributed by atoms with Crippen molar-refractivity contribution in [1.82, 2.24) is 9.78 Å². The molecule has 0 spiro atoms. The highest BCUT2D eigenvalue weighted by Crippen LogP contribution is 2.31. The lowest BCUT2D eigenvalue weighted by atomic mass is 10.2. The van der Waals surface area contributed by atoms with Gasteiger partial charge in [0.25, 0.3) is 0 Å². The minimum atomic E-state index is 0.642. The summed E-state index contributed by atoms with van der Waals surface area (Å²) in [5.41, 5.74) is 7.74. The molecule has 1 heterocycles. The van der Waals surface area contributed by atoms with Crippen molar-refractivity contribution >= 4 is 21.7 Å². The highest BCUT2D eigenvalue weighted by atomic mass is 79.9. The lowest BCUT2D eigenvalue weighted by Gasteiger charge is -1.95. The summed E-state index contributed by atoms with van der Waals surface area (Å²) in [6, 6.07) is 9.95. The van der Waals surface area contributed by atoms with E-state index in [1.54, 1.807) is 4.68 Å². The van der Waals surface area contributed by atoms with Crippen molar-refractivity contribution in [3.05, 3.63) is 34.8 Å². The molecule has 0 aliphatic carbocycles. The van der Waals surface area contributed by atoms with Crippen LogP contribution in [0.3, 0.4) is 0 Å². The van der Waals surface area contributed by atoms with E-state index in [0.29, 0.717) is 5.82 Å². The van der Waals surface area contributed by atoms with Crippen LogP contribution in [-0.2, 0) is 7.05 Å². The van der Waals surface area contributed by atoms with Crippen LogP contribution in [0.5, 0.6) is 0 Å². The lowest BCUT2D eigenvalue weighted by molar-refractivity contribution is 0.782. The summed E-state index contributed by atoms with van der Waals surface area (Å²) in [7, 11) is 1.83. The number of nitrogens with zero attached hydrogens (tertiary/aromatic N) is 2. The average Bonchev–Trinajstić information content (AvgIpc) is 2.47. The Labute approximate surface area is 90.7 Å². The van der Waals surface area contributed by atoms with Crippen LogP contribution in [0.1, 0.15) is 0 Å². The van der Waals surface area contributed by atoms with E-state index in [0.717, 1.165) is 15.7 Å². The van der Waals surface area contributed by atoms with Crippen molar-refractivity contribution in [2.24, 2.45) is 7.05 Å².